The molecule has 1 heterocycles. The molecular weight excluding hydrogens is 264 g/mol. The SMILES string of the molecule is CC(NC1CC(C#N)(c2ccccc2)C1)c1ccsc1. The summed E-state index contributed by atoms with van der Waals surface area (Å²) in [6.45, 7) is 2.19. The van der Waals surface area contributed by atoms with Crippen molar-refractivity contribution in [3.63, 3.8) is 0 Å². The highest BCUT2D eigenvalue weighted by Gasteiger charge is 2.46. The first-order valence-electron chi connectivity index (χ1n) is 6.98. The van der Waals surface area contributed by atoms with Crippen molar-refractivity contribution in [1.29, 1.82) is 5.26 Å². The number of nitrogens with one attached hydrogen (secondary N) is 1. The average molecular weight is 282 g/mol. The number of hydrogen-bond acceptors (Lipinski definition) is 3. The van der Waals surface area contributed by atoms with Gasteiger partial charge in [-0.05, 0) is 47.7 Å². The highest BCUT2D eigenvalue weighted by molar-refractivity contribution is 7.07. The van der Waals surface area contributed by atoms with E-state index in [-0.39, 0.29) is 5.41 Å². The molecule has 1 atom stereocenters. The Morgan fingerprint density at radius 1 is 1.30 bits per heavy atom. The van der Waals surface area contributed by atoms with Crippen LogP contribution in [0.4, 0.5) is 0 Å². The van der Waals surface area contributed by atoms with Gasteiger partial charge in [-0.25, -0.2) is 0 Å². The van der Waals surface area contributed by atoms with Gasteiger partial charge >= 0.3 is 0 Å². The van der Waals surface area contributed by atoms with Crippen LogP contribution >= 0.6 is 11.3 Å². The molecule has 102 valence electrons. The van der Waals surface area contributed by atoms with Crippen LogP contribution in [-0.4, -0.2) is 6.04 Å². The van der Waals surface area contributed by atoms with E-state index in [0.29, 0.717) is 12.1 Å². The van der Waals surface area contributed by atoms with E-state index >= 15 is 0 Å². The molecule has 0 aliphatic heterocycles. The minimum absolute atomic E-state index is 0.284. The minimum atomic E-state index is -0.284. The molecule has 1 fully saturated rings. The quantitative estimate of drug-likeness (QED) is 0.919. The van der Waals surface area contributed by atoms with Crippen molar-refractivity contribution < 1.29 is 0 Å². The third kappa shape index (κ3) is 2.37. The van der Waals surface area contributed by atoms with Crippen molar-refractivity contribution in [3.05, 3.63) is 58.3 Å². The topological polar surface area (TPSA) is 35.8 Å². The molecule has 1 aliphatic carbocycles. The summed E-state index contributed by atoms with van der Waals surface area (Å²) >= 11 is 1.73. The summed E-state index contributed by atoms with van der Waals surface area (Å²) in [4.78, 5) is 0. The zero-order chi connectivity index (χ0) is 14.0. The van der Waals surface area contributed by atoms with E-state index in [1.54, 1.807) is 11.3 Å². The first kappa shape index (κ1) is 13.4. The Balaban J connectivity index is 1.64. The summed E-state index contributed by atoms with van der Waals surface area (Å²) in [6, 6.07) is 15.7. The second kappa shape index (κ2) is 5.40. The summed E-state index contributed by atoms with van der Waals surface area (Å²) < 4.78 is 0. The molecule has 3 heteroatoms. The molecule has 1 unspecified atom stereocenters. The maximum atomic E-state index is 9.55. The van der Waals surface area contributed by atoms with Crippen molar-refractivity contribution in [3.8, 4) is 6.07 Å². The molecule has 1 aromatic carbocycles. The van der Waals surface area contributed by atoms with Crippen LogP contribution in [-0.2, 0) is 5.41 Å². The van der Waals surface area contributed by atoms with E-state index in [1.165, 1.54) is 5.56 Å². The molecule has 1 N–H and O–H groups in total. The van der Waals surface area contributed by atoms with Crippen LogP contribution in [0, 0.1) is 11.3 Å². The fraction of sp³-hybridized carbons (Fsp3) is 0.353. The average Bonchev–Trinajstić information content (AvgIpc) is 2.97. The van der Waals surface area contributed by atoms with E-state index < -0.39 is 0 Å². The predicted octanol–water partition coefficient (Wildman–Crippen LogP) is 4.02. The maximum Gasteiger partial charge on any atom is 0.0852 e. The third-order valence-corrected chi connectivity index (χ3v) is 4.96. The maximum absolute atomic E-state index is 9.55. The number of thiophene rings is 1. The van der Waals surface area contributed by atoms with Crippen molar-refractivity contribution in [2.75, 3.05) is 0 Å². The summed E-state index contributed by atoms with van der Waals surface area (Å²) in [5.41, 5.74) is 2.21. The van der Waals surface area contributed by atoms with Gasteiger partial charge in [0.15, 0.2) is 0 Å². The lowest BCUT2D eigenvalue weighted by molar-refractivity contribution is 0.213. The van der Waals surface area contributed by atoms with Gasteiger partial charge in [0.2, 0.25) is 0 Å². The van der Waals surface area contributed by atoms with Crippen molar-refractivity contribution in [2.45, 2.75) is 37.3 Å². The summed E-state index contributed by atoms with van der Waals surface area (Å²) in [7, 11) is 0. The number of hydrogen-bond donors (Lipinski definition) is 1. The zero-order valence-electron chi connectivity index (χ0n) is 11.5. The first-order chi connectivity index (χ1) is 9.73. The Hall–Kier alpha value is -1.63. The van der Waals surface area contributed by atoms with Gasteiger partial charge in [-0.3, -0.25) is 0 Å². The van der Waals surface area contributed by atoms with Crippen LogP contribution in [0.2, 0.25) is 0 Å². The Bertz CT molecular complexity index is 592. The summed E-state index contributed by atoms with van der Waals surface area (Å²) in [5.74, 6) is 0. The van der Waals surface area contributed by atoms with Crippen molar-refractivity contribution in [1.82, 2.24) is 5.32 Å². The molecule has 2 nitrogen and oxygen atoms in total. The van der Waals surface area contributed by atoms with E-state index in [4.69, 9.17) is 0 Å². The molecule has 1 aliphatic rings. The molecule has 0 bridgehead atoms. The Morgan fingerprint density at radius 3 is 2.65 bits per heavy atom. The fourth-order valence-electron chi connectivity index (χ4n) is 3.02. The Morgan fingerprint density at radius 2 is 2.05 bits per heavy atom. The van der Waals surface area contributed by atoms with E-state index in [1.807, 2.05) is 18.2 Å². The smallest absolute Gasteiger partial charge is 0.0852 e. The van der Waals surface area contributed by atoms with Gasteiger partial charge in [-0.15, -0.1) is 0 Å². The van der Waals surface area contributed by atoms with Gasteiger partial charge in [0, 0.05) is 12.1 Å². The lowest BCUT2D eigenvalue weighted by Crippen LogP contribution is -2.51. The molecule has 1 saturated carbocycles. The number of nitrogens with zero attached hydrogens (tertiary/aromatic N) is 1. The van der Waals surface area contributed by atoms with Crippen LogP contribution in [0.3, 0.4) is 0 Å². The standard InChI is InChI=1S/C17H18N2S/c1-13(14-7-8-20-11-14)19-16-9-17(10-16,12-18)15-5-3-2-4-6-15/h2-8,11,13,16,19H,9-10H2,1H3. The Labute approximate surface area is 124 Å². The molecule has 0 spiro atoms. The van der Waals surface area contributed by atoms with Crippen LogP contribution < -0.4 is 5.32 Å². The van der Waals surface area contributed by atoms with Crippen molar-refractivity contribution >= 4 is 11.3 Å². The monoisotopic (exact) mass is 282 g/mol. The van der Waals surface area contributed by atoms with Gasteiger partial charge < -0.3 is 5.32 Å². The molecule has 0 amide bonds. The van der Waals surface area contributed by atoms with Gasteiger partial charge in [0.05, 0.1) is 11.5 Å². The number of benzene rings is 1. The number of nitriles is 1. The normalized spacial score (nSPS) is 26.5. The van der Waals surface area contributed by atoms with E-state index in [2.05, 4.69) is 47.3 Å². The molecule has 3 rings (SSSR count). The second-order valence-corrected chi connectivity index (χ2v) is 6.39. The van der Waals surface area contributed by atoms with Gasteiger partial charge in [0.25, 0.3) is 0 Å². The van der Waals surface area contributed by atoms with Gasteiger partial charge in [-0.2, -0.15) is 16.6 Å². The lowest BCUT2D eigenvalue weighted by atomic mass is 9.62. The zero-order valence-corrected chi connectivity index (χ0v) is 12.4. The lowest BCUT2D eigenvalue weighted by Gasteiger charge is -2.44. The largest absolute Gasteiger partial charge is 0.307 e. The molecule has 0 saturated heterocycles. The fourth-order valence-corrected chi connectivity index (χ4v) is 3.77. The summed E-state index contributed by atoms with van der Waals surface area (Å²) in [5, 5.41) is 17.5. The van der Waals surface area contributed by atoms with Gasteiger partial charge in [-0.1, -0.05) is 30.3 Å². The molecule has 1 aromatic heterocycles. The molecule has 0 radical (unpaired) electrons. The first-order valence-corrected chi connectivity index (χ1v) is 7.93. The van der Waals surface area contributed by atoms with Crippen LogP contribution in [0.15, 0.2) is 47.2 Å². The third-order valence-electron chi connectivity index (χ3n) is 4.26. The second-order valence-electron chi connectivity index (χ2n) is 5.61. The van der Waals surface area contributed by atoms with Gasteiger partial charge in [0.1, 0.15) is 0 Å². The molecule has 2 aromatic rings. The van der Waals surface area contributed by atoms with Crippen LogP contribution in [0.5, 0.6) is 0 Å². The predicted molar refractivity (Wildman–Crippen MR) is 82.6 cm³/mol. The van der Waals surface area contributed by atoms with Crippen LogP contribution in [0.1, 0.15) is 36.9 Å². The van der Waals surface area contributed by atoms with E-state index in [9.17, 15) is 5.26 Å². The molecule has 20 heavy (non-hydrogen) atoms. The summed E-state index contributed by atoms with van der Waals surface area (Å²) in [6.07, 6.45) is 1.81. The van der Waals surface area contributed by atoms with Crippen molar-refractivity contribution in [2.24, 2.45) is 0 Å². The Kier molecular flexibility index (Phi) is 3.60. The highest BCUT2D eigenvalue weighted by Crippen LogP contribution is 2.44. The van der Waals surface area contributed by atoms with E-state index in [0.717, 1.165) is 18.4 Å². The van der Waals surface area contributed by atoms with Crippen LogP contribution in [0.25, 0.3) is 0 Å². The highest BCUT2D eigenvalue weighted by atomic mass is 32.1. The number of rotatable bonds is 4. The minimum Gasteiger partial charge on any atom is -0.307 e. The molecular formula is C17H18N2S.